The van der Waals surface area contributed by atoms with Gasteiger partial charge in [0.25, 0.3) is 10.1 Å². The lowest BCUT2D eigenvalue weighted by molar-refractivity contribution is -0.122. The van der Waals surface area contributed by atoms with Crippen molar-refractivity contribution in [3.8, 4) is 0 Å². The molecule has 0 aromatic heterocycles. The number of carbonyl (C=O) groups is 1. The summed E-state index contributed by atoms with van der Waals surface area (Å²) in [6.45, 7) is 4.36. The van der Waals surface area contributed by atoms with E-state index < -0.39 is 28.0 Å². The van der Waals surface area contributed by atoms with Gasteiger partial charge in [-0.15, -0.1) is 0 Å². The van der Waals surface area contributed by atoms with E-state index in [-0.39, 0.29) is 5.91 Å². The third-order valence-electron chi connectivity index (χ3n) is 7.11. The van der Waals surface area contributed by atoms with E-state index in [2.05, 4.69) is 55.6 Å². The summed E-state index contributed by atoms with van der Waals surface area (Å²) in [5.41, 5.74) is 0. The normalized spacial score (nSPS) is 14.0. The summed E-state index contributed by atoms with van der Waals surface area (Å²) >= 11 is 0. The summed E-state index contributed by atoms with van der Waals surface area (Å²) < 4.78 is 32.2. The summed E-state index contributed by atoms with van der Waals surface area (Å²) in [5.74, 6) is -0.923. The Morgan fingerprint density at radius 1 is 0.700 bits per heavy atom. The first-order valence-electron chi connectivity index (χ1n) is 16.2. The van der Waals surface area contributed by atoms with E-state index in [9.17, 15) is 22.9 Å². The molecule has 0 aromatic carbocycles. The molecule has 40 heavy (non-hydrogen) atoms. The second-order valence-corrected chi connectivity index (χ2v) is 12.6. The summed E-state index contributed by atoms with van der Waals surface area (Å²) in [4.78, 5) is 12.4. The van der Waals surface area contributed by atoms with E-state index in [1.165, 1.54) is 44.9 Å². The van der Waals surface area contributed by atoms with Gasteiger partial charge in [0.1, 0.15) is 0 Å². The molecular weight excluding hydrogens is 522 g/mol. The van der Waals surface area contributed by atoms with E-state index >= 15 is 0 Å². The Hall–Kier alpha value is -1.44. The van der Waals surface area contributed by atoms with E-state index in [1.54, 1.807) is 0 Å². The fourth-order valence-corrected chi connectivity index (χ4v) is 5.46. The molecule has 0 aromatic rings. The Morgan fingerprint density at radius 3 is 1.77 bits per heavy atom. The van der Waals surface area contributed by atoms with Crippen molar-refractivity contribution in [1.82, 2.24) is 5.32 Å². The van der Waals surface area contributed by atoms with Gasteiger partial charge in [-0.3, -0.25) is 9.35 Å². The highest BCUT2D eigenvalue weighted by atomic mass is 32.2. The van der Waals surface area contributed by atoms with Crippen LogP contribution in [0.5, 0.6) is 0 Å². The van der Waals surface area contributed by atoms with Crippen molar-refractivity contribution in [1.29, 1.82) is 0 Å². The fourth-order valence-electron chi connectivity index (χ4n) is 4.70. The molecule has 0 spiro atoms. The molecule has 0 heterocycles. The van der Waals surface area contributed by atoms with Crippen LogP contribution in [0.2, 0.25) is 0 Å². The summed E-state index contributed by atoms with van der Waals surface area (Å²) in [5, 5.41) is 13.2. The molecule has 0 aliphatic heterocycles. The Bertz CT molecular complexity index is 776. The molecule has 3 N–H and O–H groups in total. The molecule has 0 saturated carbocycles. The van der Waals surface area contributed by atoms with Gasteiger partial charge in [-0.1, -0.05) is 134 Å². The molecule has 7 heteroatoms. The van der Waals surface area contributed by atoms with Gasteiger partial charge in [0.2, 0.25) is 5.91 Å². The van der Waals surface area contributed by atoms with E-state index in [1.807, 2.05) is 0 Å². The van der Waals surface area contributed by atoms with Gasteiger partial charge >= 0.3 is 0 Å². The molecule has 0 bridgehead atoms. The number of amides is 1. The molecule has 0 radical (unpaired) electrons. The average molecular weight is 584 g/mol. The minimum Gasteiger partial charge on any atom is -0.391 e. The van der Waals surface area contributed by atoms with Gasteiger partial charge < -0.3 is 10.4 Å². The Kier molecular flexibility index (Phi) is 26.7. The van der Waals surface area contributed by atoms with Gasteiger partial charge in [0, 0.05) is 6.42 Å². The largest absolute Gasteiger partial charge is 0.391 e. The number of nitrogens with one attached hydrogen (secondary N) is 1. The van der Waals surface area contributed by atoms with Gasteiger partial charge in [0.15, 0.2) is 0 Å². The van der Waals surface area contributed by atoms with Crippen LogP contribution < -0.4 is 5.32 Å². The zero-order valence-electron chi connectivity index (χ0n) is 25.7. The Labute approximate surface area is 246 Å². The quantitative estimate of drug-likeness (QED) is 0.0486. The molecule has 1 amide bonds. The maximum atomic E-state index is 12.4. The van der Waals surface area contributed by atoms with Crippen LogP contribution in [0.4, 0.5) is 0 Å². The number of allylic oxidation sites excluding steroid dienone is 6. The smallest absolute Gasteiger partial charge is 0.266 e. The van der Waals surface area contributed by atoms with E-state index in [0.29, 0.717) is 12.8 Å². The first-order chi connectivity index (χ1) is 19.3. The zero-order chi connectivity index (χ0) is 29.7. The number of hydrogen-bond donors (Lipinski definition) is 3. The first-order valence-corrected chi connectivity index (χ1v) is 17.8. The number of unbranched alkanes of at least 4 members (excludes halogenated alkanes) is 14. The molecule has 0 rings (SSSR count). The second-order valence-electron chi connectivity index (χ2n) is 11.1. The molecule has 2 atom stereocenters. The third-order valence-corrected chi connectivity index (χ3v) is 7.89. The summed E-state index contributed by atoms with van der Waals surface area (Å²) in [6.07, 6.45) is 33.8. The van der Waals surface area contributed by atoms with Crippen molar-refractivity contribution in [3.63, 3.8) is 0 Å². The number of hydrogen-bond acceptors (Lipinski definition) is 4. The van der Waals surface area contributed by atoms with Crippen LogP contribution in [0.1, 0.15) is 149 Å². The molecule has 0 fully saturated rings. The lowest BCUT2D eigenvalue weighted by atomic mass is 10.0. The van der Waals surface area contributed by atoms with E-state index in [4.69, 9.17) is 0 Å². The second kappa shape index (κ2) is 27.7. The zero-order valence-corrected chi connectivity index (χ0v) is 26.5. The van der Waals surface area contributed by atoms with Crippen molar-refractivity contribution < 1.29 is 22.9 Å². The average Bonchev–Trinajstić information content (AvgIpc) is 2.90. The SMILES string of the molecule is CC/C=C\C/C=C\C/C=C\CCCCCCCC(=O)NC(CS(=O)(=O)O)C(O)CCCCCCCCCCCC. The van der Waals surface area contributed by atoms with Crippen LogP contribution >= 0.6 is 0 Å². The molecule has 0 saturated heterocycles. The summed E-state index contributed by atoms with van der Waals surface area (Å²) in [6, 6.07) is -0.976. The van der Waals surface area contributed by atoms with Gasteiger partial charge in [-0.2, -0.15) is 8.42 Å². The molecule has 234 valence electrons. The van der Waals surface area contributed by atoms with Crippen LogP contribution in [-0.2, 0) is 14.9 Å². The minimum absolute atomic E-state index is 0.267. The molecule has 2 unspecified atom stereocenters. The van der Waals surface area contributed by atoms with Crippen molar-refractivity contribution >= 4 is 16.0 Å². The van der Waals surface area contributed by atoms with Gasteiger partial charge in [-0.25, -0.2) is 0 Å². The Balaban J connectivity index is 4.02. The highest BCUT2D eigenvalue weighted by molar-refractivity contribution is 7.85. The van der Waals surface area contributed by atoms with E-state index in [0.717, 1.165) is 77.0 Å². The highest BCUT2D eigenvalue weighted by Gasteiger charge is 2.26. The third kappa shape index (κ3) is 28.1. The number of aliphatic hydroxyl groups is 1. The standard InChI is InChI=1S/C33H61NO5S/c1-3-5-7-9-11-13-15-16-17-18-19-21-23-25-27-29-33(36)34-31(30-40(37,38)39)32(35)28-26-24-22-20-14-12-10-8-6-4-2/h5,7,11,13,16-17,31-32,35H,3-4,6,8-10,12,14-15,18-30H2,1-2H3,(H,34,36)(H,37,38,39)/b7-5-,13-11-,17-16-. The Morgan fingerprint density at radius 2 is 1.20 bits per heavy atom. The molecule has 6 nitrogen and oxygen atoms in total. The molecule has 0 aliphatic rings. The van der Waals surface area contributed by atoms with Crippen molar-refractivity contribution in [3.05, 3.63) is 36.5 Å². The van der Waals surface area contributed by atoms with Crippen LogP contribution in [-0.4, -0.2) is 41.9 Å². The highest BCUT2D eigenvalue weighted by Crippen LogP contribution is 2.14. The number of aliphatic hydroxyl groups excluding tert-OH is 1. The predicted molar refractivity (Wildman–Crippen MR) is 170 cm³/mol. The maximum Gasteiger partial charge on any atom is 0.266 e. The lowest BCUT2D eigenvalue weighted by Gasteiger charge is -2.23. The van der Waals surface area contributed by atoms with Crippen molar-refractivity contribution in [2.45, 2.75) is 161 Å². The van der Waals surface area contributed by atoms with Crippen molar-refractivity contribution in [2.75, 3.05) is 5.75 Å². The predicted octanol–water partition coefficient (Wildman–Crippen LogP) is 8.62. The maximum absolute atomic E-state index is 12.4. The van der Waals surface area contributed by atoms with Crippen molar-refractivity contribution in [2.24, 2.45) is 0 Å². The monoisotopic (exact) mass is 583 g/mol. The topological polar surface area (TPSA) is 104 Å². The first kappa shape index (κ1) is 38.6. The lowest BCUT2D eigenvalue weighted by Crippen LogP contribution is -2.47. The molecular formula is C33H61NO5S. The van der Waals surface area contributed by atoms with Gasteiger partial charge in [-0.05, 0) is 44.9 Å². The minimum atomic E-state index is -4.30. The van der Waals surface area contributed by atoms with Gasteiger partial charge in [0.05, 0.1) is 17.9 Å². The fraction of sp³-hybridized carbons (Fsp3) is 0.788. The van der Waals surface area contributed by atoms with Crippen LogP contribution in [0.15, 0.2) is 36.5 Å². The number of carbonyl (C=O) groups excluding carboxylic acids is 1. The molecule has 0 aliphatic carbocycles. The van der Waals surface area contributed by atoms with Crippen LogP contribution in [0.25, 0.3) is 0 Å². The number of rotatable bonds is 28. The summed E-state index contributed by atoms with van der Waals surface area (Å²) in [7, 11) is -4.30. The van der Waals surface area contributed by atoms with Crippen LogP contribution in [0.3, 0.4) is 0 Å². The van der Waals surface area contributed by atoms with Crippen LogP contribution in [0, 0.1) is 0 Å².